The van der Waals surface area contributed by atoms with Gasteiger partial charge in [-0.1, -0.05) is 42.5 Å². The summed E-state index contributed by atoms with van der Waals surface area (Å²) in [4.78, 5) is 12.1. The number of carbonyl (C=O) groups is 1. The Hall–Kier alpha value is -2.75. The van der Waals surface area contributed by atoms with Gasteiger partial charge in [-0.15, -0.1) is 0 Å². The van der Waals surface area contributed by atoms with Crippen LogP contribution < -0.4 is 4.74 Å². The number of hydrogen-bond donors (Lipinski definition) is 1. The Kier molecular flexibility index (Phi) is 3.36. The smallest absolute Gasteiger partial charge is 0.341 e. The summed E-state index contributed by atoms with van der Waals surface area (Å²) in [5.41, 5.74) is 1.38. The summed E-state index contributed by atoms with van der Waals surface area (Å²) in [6, 6.07) is 16.3. The molecule has 0 saturated heterocycles. The molecular formula is C17H14O4. The summed E-state index contributed by atoms with van der Waals surface area (Å²) in [6.07, 6.45) is -0.687. The van der Waals surface area contributed by atoms with E-state index in [-0.39, 0.29) is 11.3 Å². The van der Waals surface area contributed by atoms with Crippen LogP contribution in [0.1, 0.15) is 17.2 Å². The molecule has 0 spiro atoms. The number of aliphatic hydroxyl groups excluding tert-OH is 1. The highest BCUT2D eigenvalue weighted by atomic mass is 16.5. The maximum absolute atomic E-state index is 12.1. The van der Waals surface area contributed by atoms with E-state index in [4.69, 9.17) is 9.47 Å². The lowest BCUT2D eigenvalue weighted by molar-refractivity contribution is -0.137. The zero-order valence-corrected chi connectivity index (χ0v) is 11.4. The van der Waals surface area contributed by atoms with E-state index in [1.165, 1.54) is 7.11 Å². The van der Waals surface area contributed by atoms with Gasteiger partial charge >= 0.3 is 5.97 Å². The first kappa shape index (κ1) is 13.2. The molecule has 4 nitrogen and oxygen atoms in total. The van der Waals surface area contributed by atoms with Gasteiger partial charge in [0.2, 0.25) is 0 Å². The topological polar surface area (TPSA) is 55.8 Å². The molecule has 4 heteroatoms. The number of carbonyl (C=O) groups excluding carboxylic acids is 1. The summed E-state index contributed by atoms with van der Waals surface area (Å²) in [5.74, 6) is -0.162. The lowest BCUT2D eigenvalue weighted by Gasteiger charge is -2.27. The molecule has 21 heavy (non-hydrogen) atoms. The van der Waals surface area contributed by atoms with Crippen molar-refractivity contribution in [2.75, 3.05) is 7.11 Å². The summed E-state index contributed by atoms with van der Waals surface area (Å²) in [5, 5.41) is 10.5. The maximum atomic E-state index is 12.1. The molecule has 1 aliphatic heterocycles. The normalized spacial score (nSPS) is 16.9. The molecule has 0 unspecified atom stereocenters. The second-order valence-corrected chi connectivity index (χ2v) is 4.66. The van der Waals surface area contributed by atoms with Crippen LogP contribution in [0, 0.1) is 0 Å². The van der Waals surface area contributed by atoms with Crippen molar-refractivity contribution in [2.24, 2.45) is 0 Å². The van der Waals surface area contributed by atoms with Gasteiger partial charge in [0.15, 0.2) is 6.10 Å². The molecule has 106 valence electrons. The van der Waals surface area contributed by atoms with Gasteiger partial charge in [0.1, 0.15) is 17.1 Å². The van der Waals surface area contributed by atoms with Crippen LogP contribution in [0.25, 0.3) is 5.76 Å². The molecule has 1 aliphatic rings. The largest absolute Gasteiger partial charge is 0.506 e. The minimum atomic E-state index is -0.687. The van der Waals surface area contributed by atoms with E-state index < -0.39 is 12.1 Å². The first-order chi connectivity index (χ1) is 10.2. The van der Waals surface area contributed by atoms with E-state index in [2.05, 4.69) is 0 Å². The van der Waals surface area contributed by atoms with Gasteiger partial charge in [-0.2, -0.15) is 0 Å². The van der Waals surface area contributed by atoms with Crippen molar-refractivity contribution in [3.63, 3.8) is 0 Å². The monoisotopic (exact) mass is 282 g/mol. The van der Waals surface area contributed by atoms with Gasteiger partial charge in [-0.3, -0.25) is 0 Å². The molecule has 1 heterocycles. The molecule has 0 aliphatic carbocycles. The third-order valence-electron chi connectivity index (χ3n) is 3.41. The van der Waals surface area contributed by atoms with Crippen LogP contribution in [-0.4, -0.2) is 18.2 Å². The van der Waals surface area contributed by atoms with Crippen LogP contribution in [0.2, 0.25) is 0 Å². The van der Waals surface area contributed by atoms with Gasteiger partial charge in [0, 0.05) is 0 Å². The number of aliphatic hydroxyl groups is 1. The molecule has 3 rings (SSSR count). The number of rotatable bonds is 2. The summed E-state index contributed by atoms with van der Waals surface area (Å²) in [7, 11) is 1.28. The highest BCUT2D eigenvalue weighted by molar-refractivity contribution is 5.98. The summed E-state index contributed by atoms with van der Waals surface area (Å²) < 4.78 is 10.7. The molecule has 1 atom stereocenters. The molecule has 0 bridgehead atoms. The number of hydrogen-bond acceptors (Lipinski definition) is 4. The van der Waals surface area contributed by atoms with Gasteiger partial charge in [-0.05, 0) is 17.7 Å². The SMILES string of the molecule is COC(=O)C1=C(O)c2ccccc2O[C@@H]1c1ccccc1. The van der Waals surface area contributed by atoms with Gasteiger partial charge in [0.25, 0.3) is 0 Å². The minimum Gasteiger partial charge on any atom is -0.506 e. The van der Waals surface area contributed by atoms with Gasteiger partial charge < -0.3 is 14.6 Å². The van der Waals surface area contributed by atoms with Crippen molar-refractivity contribution in [3.05, 3.63) is 71.3 Å². The van der Waals surface area contributed by atoms with Crippen molar-refractivity contribution in [1.82, 2.24) is 0 Å². The van der Waals surface area contributed by atoms with Crippen molar-refractivity contribution in [2.45, 2.75) is 6.10 Å². The molecule has 2 aromatic rings. The molecule has 0 radical (unpaired) electrons. The van der Waals surface area contributed by atoms with E-state index in [1.54, 1.807) is 18.2 Å². The fourth-order valence-corrected chi connectivity index (χ4v) is 2.40. The van der Waals surface area contributed by atoms with E-state index in [1.807, 2.05) is 36.4 Å². The van der Waals surface area contributed by atoms with Crippen molar-refractivity contribution in [1.29, 1.82) is 0 Å². The van der Waals surface area contributed by atoms with Crippen LogP contribution in [0.3, 0.4) is 0 Å². The molecule has 0 fully saturated rings. The number of benzene rings is 2. The number of para-hydroxylation sites is 1. The quantitative estimate of drug-likeness (QED) is 0.859. The fraction of sp³-hybridized carbons (Fsp3) is 0.118. The van der Waals surface area contributed by atoms with Crippen LogP contribution in [0.4, 0.5) is 0 Å². The van der Waals surface area contributed by atoms with Crippen LogP contribution in [-0.2, 0) is 9.53 Å². The van der Waals surface area contributed by atoms with E-state index >= 15 is 0 Å². The second kappa shape index (κ2) is 5.32. The highest BCUT2D eigenvalue weighted by Crippen LogP contribution is 2.41. The standard InChI is InChI=1S/C17H14O4/c1-20-17(19)14-15(18)12-9-5-6-10-13(12)21-16(14)11-7-3-2-4-8-11/h2-10,16,18H,1H3/t16-/m1/s1. The Morgan fingerprint density at radius 3 is 2.48 bits per heavy atom. The average molecular weight is 282 g/mol. The van der Waals surface area contributed by atoms with E-state index in [9.17, 15) is 9.90 Å². The third kappa shape index (κ3) is 2.25. The Morgan fingerprint density at radius 2 is 1.76 bits per heavy atom. The molecule has 1 N–H and O–H groups in total. The molecule has 2 aromatic carbocycles. The third-order valence-corrected chi connectivity index (χ3v) is 3.41. The van der Waals surface area contributed by atoms with Crippen LogP contribution in [0.15, 0.2) is 60.2 Å². The Labute approximate surface area is 122 Å². The number of esters is 1. The lowest BCUT2D eigenvalue weighted by atomic mass is 9.94. The Balaban J connectivity index is 2.18. The number of methoxy groups -OCH3 is 1. The predicted octanol–water partition coefficient (Wildman–Crippen LogP) is 3.26. The van der Waals surface area contributed by atoms with Crippen LogP contribution in [0.5, 0.6) is 5.75 Å². The first-order valence-electron chi connectivity index (χ1n) is 6.55. The lowest BCUT2D eigenvalue weighted by Crippen LogP contribution is -2.23. The highest BCUT2D eigenvalue weighted by Gasteiger charge is 2.34. The summed E-state index contributed by atoms with van der Waals surface area (Å²) >= 11 is 0. The van der Waals surface area contributed by atoms with Crippen molar-refractivity contribution < 1.29 is 19.4 Å². The average Bonchev–Trinajstić information content (AvgIpc) is 2.55. The number of fused-ring (bicyclic) bond motifs is 1. The fourth-order valence-electron chi connectivity index (χ4n) is 2.40. The predicted molar refractivity (Wildman–Crippen MR) is 77.8 cm³/mol. The summed E-state index contributed by atoms with van der Waals surface area (Å²) in [6.45, 7) is 0. The Bertz CT molecular complexity index is 704. The molecule has 0 aromatic heterocycles. The van der Waals surface area contributed by atoms with Gasteiger partial charge in [0.05, 0.1) is 12.7 Å². The van der Waals surface area contributed by atoms with E-state index in [0.29, 0.717) is 11.3 Å². The maximum Gasteiger partial charge on any atom is 0.341 e. The van der Waals surface area contributed by atoms with E-state index in [0.717, 1.165) is 5.56 Å². The number of ether oxygens (including phenoxy) is 2. The second-order valence-electron chi connectivity index (χ2n) is 4.66. The molecular weight excluding hydrogens is 268 g/mol. The van der Waals surface area contributed by atoms with Crippen LogP contribution >= 0.6 is 0 Å². The van der Waals surface area contributed by atoms with Crippen molar-refractivity contribution >= 4 is 11.7 Å². The Morgan fingerprint density at radius 1 is 1.10 bits per heavy atom. The zero-order valence-electron chi connectivity index (χ0n) is 11.4. The molecule has 0 saturated carbocycles. The molecule has 0 amide bonds. The first-order valence-corrected chi connectivity index (χ1v) is 6.55. The van der Waals surface area contributed by atoms with Gasteiger partial charge in [-0.25, -0.2) is 4.79 Å². The minimum absolute atomic E-state index is 0.0995. The zero-order chi connectivity index (χ0) is 14.8. The van der Waals surface area contributed by atoms with Crippen molar-refractivity contribution in [3.8, 4) is 5.75 Å².